The van der Waals surface area contributed by atoms with Gasteiger partial charge in [-0.2, -0.15) is 0 Å². The highest BCUT2D eigenvalue weighted by Crippen LogP contribution is 2.28. The molecule has 0 spiro atoms. The van der Waals surface area contributed by atoms with Gasteiger partial charge < -0.3 is 14.6 Å². The summed E-state index contributed by atoms with van der Waals surface area (Å²) in [5.41, 5.74) is 2.06. The molecule has 0 aliphatic rings. The van der Waals surface area contributed by atoms with Gasteiger partial charge in [0.2, 0.25) is 5.95 Å². The number of hydrogen-bond acceptors (Lipinski definition) is 3. The lowest BCUT2D eigenvalue weighted by Gasteiger charge is -2.20. The molecular weight excluding hydrogens is 286 g/mol. The molecule has 1 heterocycles. The summed E-state index contributed by atoms with van der Waals surface area (Å²) in [5, 5.41) is 4.16. The minimum Gasteiger partial charge on any atom is -0.383 e. The van der Waals surface area contributed by atoms with E-state index in [-0.39, 0.29) is 12.1 Å². The minimum atomic E-state index is 0.108. The number of aromatic nitrogens is 2. The van der Waals surface area contributed by atoms with E-state index in [9.17, 15) is 0 Å². The van der Waals surface area contributed by atoms with Gasteiger partial charge in [0.05, 0.1) is 18.3 Å². The Bertz CT molecular complexity index is 597. The molecule has 5 heteroatoms. The van der Waals surface area contributed by atoms with Crippen LogP contribution in [0.4, 0.5) is 5.95 Å². The highest BCUT2D eigenvalue weighted by atomic mass is 35.5. The normalized spacial score (nSPS) is 14.0. The lowest BCUT2D eigenvalue weighted by Crippen LogP contribution is -2.24. The number of imidazole rings is 1. The molecule has 1 aromatic heterocycles. The monoisotopic (exact) mass is 307 g/mol. The first-order valence-electron chi connectivity index (χ1n) is 7.08. The predicted molar refractivity (Wildman–Crippen MR) is 87.2 cm³/mol. The molecule has 0 aliphatic carbocycles. The van der Waals surface area contributed by atoms with Gasteiger partial charge in [0.1, 0.15) is 0 Å². The van der Waals surface area contributed by atoms with Crippen LogP contribution in [0.25, 0.3) is 0 Å². The molecule has 0 aliphatic heterocycles. The average Bonchev–Trinajstić information content (AvgIpc) is 2.79. The van der Waals surface area contributed by atoms with E-state index >= 15 is 0 Å². The zero-order valence-electron chi connectivity index (χ0n) is 12.9. The van der Waals surface area contributed by atoms with Crippen molar-refractivity contribution in [3.05, 3.63) is 46.7 Å². The Morgan fingerprint density at radius 2 is 2.05 bits per heavy atom. The van der Waals surface area contributed by atoms with E-state index in [2.05, 4.69) is 28.7 Å². The first-order valence-corrected chi connectivity index (χ1v) is 7.46. The van der Waals surface area contributed by atoms with E-state index in [1.165, 1.54) is 0 Å². The molecule has 0 bridgehead atoms. The maximum atomic E-state index is 6.31. The molecule has 2 aromatic rings. The van der Waals surface area contributed by atoms with Gasteiger partial charge in [-0.1, -0.05) is 29.8 Å². The number of aryl methyl sites for hydroxylation is 1. The van der Waals surface area contributed by atoms with Gasteiger partial charge >= 0.3 is 0 Å². The molecule has 21 heavy (non-hydrogen) atoms. The Morgan fingerprint density at radius 3 is 2.71 bits per heavy atom. The lowest BCUT2D eigenvalue weighted by molar-refractivity contribution is 0.190. The largest absolute Gasteiger partial charge is 0.383 e. The Kier molecular flexibility index (Phi) is 5.26. The number of nitrogens with zero attached hydrogens (tertiary/aromatic N) is 2. The Hall–Kier alpha value is -1.52. The van der Waals surface area contributed by atoms with Crippen LogP contribution in [-0.4, -0.2) is 29.3 Å². The first kappa shape index (κ1) is 15.9. The Morgan fingerprint density at radius 1 is 1.33 bits per heavy atom. The number of methoxy groups -OCH3 is 1. The van der Waals surface area contributed by atoms with Gasteiger partial charge in [0, 0.05) is 24.4 Å². The van der Waals surface area contributed by atoms with Crippen LogP contribution < -0.4 is 5.32 Å². The van der Waals surface area contributed by atoms with Crippen LogP contribution >= 0.6 is 11.6 Å². The quantitative estimate of drug-likeness (QED) is 0.879. The molecule has 1 aromatic carbocycles. The summed E-state index contributed by atoms with van der Waals surface area (Å²) in [5.74, 6) is 0.837. The summed E-state index contributed by atoms with van der Waals surface area (Å²) < 4.78 is 7.28. The van der Waals surface area contributed by atoms with Crippen LogP contribution in [0.3, 0.4) is 0 Å². The third-order valence-electron chi connectivity index (χ3n) is 3.42. The standard InChI is InChI=1S/C16H22ClN3O/c1-11-9-20(16(18-11)19-12(2)10-21-4)13(3)14-7-5-6-8-15(14)17/h5-9,12-13H,10H2,1-4H3,(H,18,19). The smallest absolute Gasteiger partial charge is 0.203 e. The second kappa shape index (κ2) is 6.96. The van der Waals surface area contributed by atoms with Crippen LogP contribution in [0, 0.1) is 6.92 Å². The number of anilines is 1. The molecule has 2 atom stereocenters. The van der Waals surface area contributed by atoms with Crippen LogP contribution in [0.2, 0.25) is 5.02 Å². The van der Waals surface area contributed by atoms with E-state index in [0.717, 1.165) is 22.2 Å². The molecule has 0 amide bonds. The summed E-state index contributed by atoms with van der Waals surface area (Å²) in [4.78, 5) is 4.56. The van der Waals surface area contributed by atoms with Crippen molar-refractivity contribution in [2.45, 2.75) is 32.9 Å². The lowest BCUT2D eigenvalue weighted by atomic mass is 10.1. The summed E-state index contributed by atoms with van der Waals surface area (Å²) in [6, 6.07) is 8.20. The van der Waals surface area contributed by atoms with Crippen LogP contribution in [0.1, 0.15) is 31.1 Å². The summed E-state index contributed by atoms with van der Waals surface area (Å²) in [6.07, 6.45) is 2.04. The van der Waals surface area contributed by atoms with Crippen molar-refractivity contribution in [2.24, 2.45) is 0 Å². The molecule has 0 saturated carbocycles. The van der Waals surface area contributed by atoms with Crippen molar-refractivity contribution in [2.75, 3.05) is 19.0 Å². The number of rotatable bonds is 6. The zero-order chi connectivity index (χ0) is 15.4. The molecule has 1 N–H and O–H groups in total. The maximum Gasteiger partial charge on any atom is 0.203 e. The average molecular weight is 308 g/mol. The van der Waals surface area contributed by atoms with E-state index in [1.54, 1.807) is 7.11 Å². The number of ether oxygens (including phenoxy) is 1. The van der Waals surface area contributed by atoms with Crippen LogP contribution in [0.5, 0.6) is 0 Å². The van der Waals surface area contributed by atoms with Crippen molar-refractivity contribution < 1.29 is 4.74 Å². The third kappa shape index (κ3) is 3.77. The fourth-order valence-corrected chi connectivity index (χ4v) is 2.69. The fourth-order valence-electron chi connectivity index (χ4n) is 2.39. The fraction of sp³-hybridized carbons (Fsp3) is 0.438. The SMILES string of the molecule is COCC(C)Nc1nc(C)cn1C(C)c1ccccc1Cl. The molecule has 0 fully saturated rings. The zero-order valence-corrected chi connectivity index (χ0v) is 13.7. The Balaban J connectivity index is 2.29. The molecule has 4 nitrogen and oxygen atoms in total. The molecule has 2 unspecified atom stereocenters. The predicted octanol–water partition coefficient (Wildman–Crippen LogP) is 3.90. The highest BCUT2D eigenvalue weighted by molar-refractivity contribution is 6.31. The minimum absolute atomic E-state index is 0.108. The van der Waals surface area contributed by atoms with Crippen molar-refractivity contribution in [3.8, 4) is 0 Å². The van der Waals surface area contributed by atoms with Crippen molar-refractivity contribution in [1.82, 2.24) is 9.55 Å². The maximum absolute atomic E-state index is 6.31. The van der Waals surface area contributed by atoms with E-state index in [4.69, 9.17) is 16.3 Å². The van der Waals surface area contributed by atoms with Crippen LogP contribution in [0.15, 0.2) is 30.5 Å². The molecule has 2 rings (SSSR count). The molecule has 114 valence electrons. The van der Waals surface area contributed by atoms with E-state index in [1.807, 2.05) is 37.4 Å². The van der Waals surface area contributed by atoms with Crippen molar-refractivity contribution in [1.29, 1.82) is 0 Å². The second-order valence-corrected chi connectivity index (χ2v) is 5.72. The topological polar surface area (TPSA) is 39.1 Å². The van der Waals surface area contributed by atoms with Crippen molar-refractivity contribution in [3.63, 3.8) is 0 Å². The van der Waals surface area contributed by atoms with Gasteiger partial charge in [-0.15, -0.1) is 0 Å². The van der Waals surface area contributed by atoms with Crippen LogP contribution in [-0.2, 0) is 4.74 Å². The van der Waals surface area contributed by atoms with Gasteiger partial charge in [0.25, 0.3) is 0 Å². The first-order chi connectivity index (χ1) is 10.0. The second-order valence-electron chi connectivity index (χ2n) is 5.31. The summed E-state index contributed by atoms with van der Waals surface area (Å²) in [7, 11) is 1.70. The van der Waals surface area contributed by atoms with Gasteiger partial charge in [-0.25, -0.2) is 4.98 Å². The van der Waals surface area contributed by atoms with Gasteiger partial charge in [-0.3, -0.25) is 0 Å². The Labute approximate surface area is 131 Å². The molecular formula is C16H22ClN3O. The number of hydrogen-bond donors (Lipinski definition) is 1. The number of nitrogens with one attached hydrogen (secondary N) is 1. The molecule has 0 saturated heterocycles. The third-order valence-corrected chi connectivity index (χ3v) is 3.76. The van der Waals surface area contributed by atoms with Crippen molar-refractivity contribution >= 4 is 17.5 Å². The molecule has 0 radical (unpaired) electrons. The van der Waals surface area contributed by atoms with E-state index < -0.39 is 0 Å². The summed E-state index contributed by atoms with van der Waals surface area (Å²) in [6.45, 7) is 6.81. The van der Waals surface area contributed by atoms with Gasteiger partial charge in [-0.05, 0) is 32.4 Å². The number of benzene rings is 1. The number of halogens is 1. The van der Waals surface area contributed by atoms with Gasteiger partial charge in [0.15, 0.2) is 0 Å². The van der Waals surface area contributed by atoms with E-state index in [0.29, 0.717) is 6.61 Å². The highest BCUT2D eigenvalue weighted by Gasteiger charge is 2.17. The summed E-state index contributed by atoms with van der Waals surface area (Å²) >= 11 is 6.31.